The summed E-state index contributed by atoms with van der Waals surface area (Å²) in [6.07, 6.45) is 1.83. The maximum atomic E-state index is 12.9. The number of methoxy groups -OCH3 is 1. The number of benzene rings is 2. The Bertz CT molecular complexity index is 856. The fourth-order valence-electron chi connectivity index (χ4n) is 3.43. The molecule has 0 radical (unpaired) electrons. The molecule has 1 fully saturated rings. The first-order valence-electron chi connectivity index (χ1n) is 9.78. The van der Waals surface area contributed by atoms with Crippen LogP contribution in [-0.2, 0) is 16.0 Å². The van der Waals surface area contributed by atoms with Gasteiger partial charge in [-0.25, -0.2) is 0 Å². The van der Waals surface area contributed by atoms with E-state index in [1.165, 1.54) is 0 Å². The van der Waals surface area contributed by atoms with Gasteiger partial charge >= 0.3 is 0 Å². The zero-order valence-corrected chi connectivity index (χ0v) is 16.7. The Labute approximate surface area is 166 Å². The fraction of sp³-hybridized carbons (Fsp3) is 0.391. The van der Waals surface area contributed by atoms with E-state index >= 15 is 0 Å². The SMILES string of the molecule is COc1ccccc1CCNC(=O)C1(C(=O)Nc2ccccc2C(C)C)CC1. The van der Waals surface area contributed by atoms with Gasteiger partial charge in [0.1, 0.15) is 11.2 Å². The lowest BCUT2D eigenvalue weighted by Crippen LogP contribution is -2.40. The maximum Gasteiger partial charge on any atom is 0.240 e. The first kappa shape index (κ1) is 19.9. The highest BCUT2D eigenvalue weighted by atomic mass is 16.5. The van der Waals surface area contributed by atoms with Crippen molar-refractivity contribution in [2.75, 3.05) is 19.0 Å². The molecule has 28 heavy (non-hydrogen) atoms. The second kappa shape index (κ2) is 8.46. The van der Waals surface area contributed by atoms with Crippen molar-refractivity contribution >= 4 is 17.5 Å². The first-order valence-corrected chi connectivity index (χ1v) is 9.78. The lowest BCUT2D eigenvalue weighted by atomic mass is 9.99. The highest BCUT2D eigenvalue weighted by molar-refractivity contribution is 6.13. The maximum absolute atomic E-state index is 12.9. The predicted molar refractivity (Wildman–Crippen MR) is 111 cm³/mol. The molecule has 5 nitrogen and oxygen atoms in total. The predicted octanol–water partition coefficient (Wildman–Crippen LogP) is 3.90. The summed E-state index contributed by atoms with van der Waals surface area (Å²) in [4.78, 5) is 25.6. The molecule has 0 spiro atoms. The number of hydrogen-bond acceptors (Lipinski definition) is 3. The summed E-state index contributed by atoms with van der Waals surface area (Å²) >= 11 is 0. The standard InChI is InChI=1S/C23H28N2O3/c1-16(2)18-9-5-6-10-19(18)25-22(27)23(13-14-23)21(26)24-15-12-17-8-4-7-11-20(17)28-3/h4-11,16H,12-15H2,1-3H3,(H,24,26)(H,25,27). The summed E-state index contributed by atoms with van der Waals surface area (Å²) in [5.41, 5.74) is 1.95. The third kappa shape index (κ3) is 4.19. The Morgan fingerprint density at radius 3 is 2.39 bits per heavy atom. The minimum Gasteiger partial charge on any atom is -0.496 e. The van der Waals surface area contributed by atoms with E-state index in [4.69, 9.17) is 4.74 Å². The van der Waals surface area contributed by atoms with Crippen LogP contribution in [0.25, 0.3) is 0 Å². The number of para-hydroxylation sites is 2. The summed E-state index contributed by atoms with van der Waals surface area (Å²) < 4.78 is 5.34. The molecule has 0 saturated heterocycles. The Kier molecular flexibility index (Phi) is 6.02. The number of nitrogens with one attached hydrogen (secondary N) is 2. The van der Waals surface area contributed by atoms with Crippen molar-refractivity contribution in [3.8, 4) is 5.75 Å². The van der Waals surface area contributed by atoms with Crippen molar-refractivity contribution in [2.45, 2.75) is 39.0 Å². The van der Waals surface area contributed by atoms with Crippen molar-refractivity contribution in [3.05, 3.63) is 59.7 Å². The molecule has 1 saturated carbocycles. The smallest absolute Gasteiger partial charge is 0.240 e. The molecule has 2 amide bonds. The summed E-state index contributed by atoms with van der Waals surface area (Å²) in [5, 5.41) is 5.92. The van der Waals surface area contributed by atoms with E-state index in [1.54, 1.807) is 7.11 Å². The molecule has 1 aliphatic rings. The van der Waals surface area contributed by atoms with E-state index in [0.29, 0.717) is 31.7 Å². The summed E-state index contributed by atoms with van der Waals surface area (Å²) in [6.45, 7) is 4.64. The first-order chi connectivity index (χ1) is 13.5. The zero-order valence-electron chi connectivity index (χ0n) is 16.7. The largest absolute Gasteiger partial charge is 0.496 e. The summed E-state index contributed by atoms with van der Waals surface area (Å²) in [7, 11) is 1.63. The topological polar surface area (TPSA) is 67.4 Å². The van der Waals surface area contributed by atoms with E-state index in [-0.39, 0.29) is 11.8 Å². The van der Waals surface area contributed by atoms with Gasteiger partial charge in [0, 0.05) is 12.2 Å². The fourth-order valence-corrected chi connectivity index (χ4v) is 3.43. The molecule has 0 heterocycles. The van der Waals surface area contributed by atoms with Gasteiger partial charge in [0.15, 0.2) is 0 Å². The third-order valence-electron chi connectivity index (χ3n) is 5.32. The number of ether oxygens (including phenoxy) is 1. The Hall–Kier alpha value is -2.82. The molecule has 0 unspecified atom stereocenters. The molecular formula is C23H28N2O3. The van der Waals surface area contributed by atoms with Gasteiger partial charge in [-0.05, 0) is 48.4 Å². The van der Waals surface area contributed by atoms with Gasteiger partial charge in [-0.1, -0.05) is 50.2 Å². The van der Waals surface area contributed by atoms with E-state index in [9.17, 15) is 9.59 Å². The van der Waals surface area contributed by atoms with Crippen molar-refractivity contribution in [1.29, 1.82) is 0 Å². The van der Waals surface area contributed by atoms with Crippen molar-refractivity contribution < 1.29 is 14.3 Å². The van der Waals surface area contributed by atoms with Gasteiger partial charge in [0.05, 0.1) is 7.11 Å². The van der Waals surface area contributed by atoms with Gasteiger partial charge in [-0.2, -0.15) is 0 Å². The summed E-state index contributed by atoms with van der Waals surface area (Å²) in [6, 6.07) is 15.5. The molecule has 148 valence electrons. The number of rotatable bonds is 8. The number of hydrogen-bond donors (Lipinski definition) is 2. The number of amides is 2. The van der Waals surface area contributed by atoms with Crippen LogP contribution in [0.15, 0.2) is 48.5 Å². The molecule has 0 aromatic heterocycles. The normalized spacial score (nSPS) is 14.4. The highest BCUT2D eigenvalue weighted by Crippen LogP contribution is 2.47. The highest BCUT2D eigenvalue weighted by Gasteiger charge is 2.56. The van der Waals surface area contributed by atoms with Crippen LogP contribution >= 0.6 is 0 Å². The molecule has 2 N–H and O–H groups in total. The lowest BCUT2D eigenvalue weighted by molar-refractivity contribution is -0.134. The van der Waals surface area contributed by atoms with Crippen LogP contribution in [0.4, 0.5) is 5.69 Å². The van der Waals surface area contributed by atoms with E-state index in [1.807, 2.05) is 48.5 Å². The van der Waals surface area contributed by atoms with Gasteiger partial charge in [-0.3, -0.25) is 9.59 Å². The van der Waals surface area contributed by atoms with E-state index in [2.05, 4.69) is 24.5 Å². The van der Waals surface area contributed by atoms with Crippen molar-refractivity contribution in [3.63, 3.8) is 0 Å². The molecule has 3 rings (SSSR count). The Balaban J connectivity index is 1.60. The van der Waals surface area contributed by atoms with Crippen molar-refractivity contribution in [2.24, 2.45) is 5.41 Å². The summed E-state index contributed by atoms with van der Waals surface area (Å²) in [5.74, 6) is 0.694. The second-order valence-electron chi connectivity index (χ2n) is 7.60. The van der Waals surface area contributed by atoms with Crippen molar-refractivity contribution in [1.82, 2.24) is 5.32 Å². The molecule has 0 aliphatic heterocycles. The minimum atomic E-state index is -0.940. The van der Waals surface area contributed by atoms with Crippen LogP contribution in [0, 0.1) is 5.41 Å². The van der Waals surface area contributed by atoms with Crippen LogP contribution in [-0.4, -0.2) is 25.5 Å². The molecule has 0 atom stereocenters. The average molecular weight is 380 g/mol. The van der Waals surface area contributed by atoms with Gasteiger partial charge in [-0.15, -0.1) is 0 Å². The van der Waals surface area contributed by atoms with E-state index in [0.717, 1.165) is 22.6 Å². The van der Waals surface area contributed by atoms with Gasteiger partial charge < -0.3 is 15.4 Å². The quantitative estimate of drug-likeness (QED) is 0.683. The molecule has 1 aliphatic carbocycles. The molecule has 2 aromatic rings. The van der Waals surface area contributed by atoms with Crippen LogP contribution in [0.5, 0.6) is 5.75 Å². The molecular weight excluding hydrogens is 352 g/mol. The minimum absolute atomic E-state index is 0.193. The van der Waals surface area contributed by atoms with Crippen LogP contribution in [0.1, 0.15) is 43.7 Å². The number of carbonyl (C=O) groups excluding carboxylic acids is 2. The molecule has 2 aromatic carbocycles. The third-order valence-corrected chi connectivity index (χ3v) is 5.32. The Morgan fingerprint density at radius 2 is 1.71 bits per heavy atom. The zero-order chi connectivity index (χ0) is 20.1. The molecule has 0 bridgehead atoms. The number of anilines is 1. The monoisotopic (exact) mass is 380 g/mol. The van der Waals surface area contributed by atoms with E-state index < -0.39 is 5.41 Å². The molecule has 5 heteroatoms. The van der Waals surface area contributed by atoms with Gasteiger partial charge in [0.25, 0.3) is 0 Å². The second-order valence-corrected chi connectivity index (χ2v) is 7.60. The van der Waals surface area contributed by atoms with Crippen LogP contribution < -0.4 is 15.4 Å². The number of carbonyl (C=O) groups is 2. The van der Waals surface area contributed by atoms with Crippen LogP contribution in [0.3, 0.4) is 0 Å². The average Bonchev–Trinajstić information content (AvgIpc) is 3.50. The lowest BCUT2D eigenvalue weighted by Gasteiger charge is -2.18. The van der Waals surface area contributed by atoms with Crippen LogP contribution in [0.2, 0.25) is 0 Å². The Morgan fingerprint density at radius 1 is 1.04 bits per heavy atom. The van der Waals surface area contributed by atoms with Gasteiger partial charge in [0.2, 0.25) is 11.8 Å².